The van der Waals surface area contributed by atoms with Crippen LogP contribution in [0, 0.1) is 10.1 Å². The Labute approximate surface area is 114 Å². The standard InChI is InChI=1S/C13H14N2O5/c1-14-7-8(3-6-11(16)17)12-9(14)4-5-10(20-2)13(12)15(18)19/h4-5,7H,3,6H2,1-2H3,(H,16,17). The number of hydrogen-bond donors (Lipinski definition) is 1. The fourth-order valence-electron chi connectivity index (χ4n) is 2.32. The predicted octanol–water partition coefficient (Wildman–Crippen LogP) is 2.11. The molecule has 0 bridgehead atoms. The van der Waals surface area contributed by atoms with Crippen LogP contribution in [-0.4, -0.2) is 27.7 Å². The van der Waals surface area contributed by atoms with Crippen LogP contribution >= 0.6 is 0 Å². The van der Waals surface area contributed by atoms with Gasteiger partial charge in [-0.3, -0.25) is 14.9 Å². The molecule has 0 aliphatic heterocycles. The number of carbonyl (C=O) groups is 1. The molecule has 106 valence electrons. The first-order chi connectivity index (χ1) is 9.45. The monoisotopic (exact) mass is 278 g/mol. The number of hydrogen-bond acceptors (Lipinski definition) is 4. The van der Waals surface area contributed by atoms with Crippen LogP contribution in [0.25, 0.3) is 10.9 Å². The van der Waals surface area contributed by atoms with Gasteiger partial charge in [-0.25, -0.2) is 0 Å². The molecule has 2 rings (SSSR count). The van der Waals surface area contributed by atoms with Gasteiger partial charge in [-0.1, -0.05) is 0 Å². The van der Waals surface area contributed by atoms with Crippen molar-refractivity contribution in [2.24, 2.45) is 7.05 Å². The summed E-state index contributed by atoms with van der Waals surface area (Å²) in [5.41, 5.74) is 1.19. The fraction of sp³-hybridized carbons (Fsp3) is 0.308. The van der Waals surface area contributed by atoms with E-state index in [1.165, 1.54) is 7.11 Å². The maximum Gasteiger partial charge on any atom is 0.320 e. The lowest BCUT2D eigenvalue weighted by Crippen LogP contribution is -1.99. The molecule has 0 spiro atoms. The first kappa shape index (κ1) is 13.9. The molecule has 0 saturated heterocycles. The first-order valence-electron chi connectivity index (χ1n) is 5.96. The Balaban J connectivity index is 2.69. The first-order valence-corrected chi connectivity index (χ1v) is 5.96. The Morgan fingerprint density at radius 1 is 1.50 bits per heavy atom. The number of methoxy groups -OCH3 is 1. The van der Waals surface area contributed by atoms with E-state index in [-0.39, 0.29) is 24.3 Å². The number of carboxylic acid groups (broad SMARTS) is 1. The zero-order valence-electron chi connectivity index (χ0n) is 11.1. The predicted molar refractivity (Wildman–Crippen MR) is 72.1 cm³/mol. The van der Waals surface area contributed by atoms with Gasteiger partial charge in [0.2, 0.25) is 0 Å². The average Bonchev–Trinajstić information content (AvgIpc) is 2.72. The summed E-state index contributed by atoms with van der Waals surface area (Å²) in [6.45, 7) is 0. The summed E-state index contributed by atoms with van der Waals surface area (Å²) in [5, 5.41) is 20.5. The normalized spacial score (nSPS) is 10.7. The van der Waals surface area contributed by atoms with Crippen LogP contribution in [0.4, 0.5) is 5.69 Å². The van der Waals surface area contributed by atoms with E-state index in [9.17, 15) is 14.9 Å². The number of rotatable bonds is 5. The fourth-order valence-corrected chi connectivity index (χ4v) is 2.32. The van der Waals surface area contributed by atoms with Crippen molar-refractivity contribution in [1.82, 2.24) is 4.57 Å². The molecule has 1 aromatic carbocycles. The van der Waals surface area contributed by atoms with Gasteiger partial charge >= 0.3 is 11.7 Å². The number of fused-ring (bicyclic) bond motifs is 1. The smallest absolute Gasteiger partial charge is 0.320 e. The molecular formula is C13H14N2O5. The average molecular weight is 278 g/mol. The zero-order chi connectivity index (χ0) is 14.9. The molecule has 0 saturated carbocycles. The van der Waals surface area contributed by atoms with Crippen LogP contribution in [0.1, 0.15) is 12.0 Å². The van der Waals surface area contributed by atoms with Crippen LogP contribution in [0.3, 0.4) is 0 Å². The van der Waals surface area contributed by atoms with Crippen LogP contribution in [0.5, 0.6) is 5.75 Å². The van der Waals surface area contributed by atoms with Crippen molar-refractivity contribution >= 4 is 22.6 Å². The minimum atomic E-state index is -0.937. The van der Waals surface area contributed by atoms with E-state index in [1.54, 1.807) is 29.9 Å². The van der Waals surface area contributed by atoms with Gasteiger partial charge in [0.25, 0.3) is 0 Å². The highest BCUT2D eigenvalue weighted by atomic mass is 16.6. The highest BCUT2D eigenvalue weighted by Crippen LogP contribution is 2.38. The Bertz CT molecular complexity index is 690. The van der Waals surface area contributed by atoms with Crippen molar-refractivity contribution in [3.63, 3.8) is 0 Å². The van der Waals surface area contributed by atoms with E-state index >= 15 is 0 Å². The number of nitrogens with zero attached hydrogens (tertiary/aromatic N) is 2. The summed E-state index contributed by atoms with van der Waals surface area (Å²) < 4.78 is 6.79. The number of aromatic nitrogens is 1. The highest BCUT2D eigenvalue weighted by Gasteiger charge is 2.24. The molecule has 1 heterocycles. The van der Waals surface area contributed by atoms with Crippen molar-refractivity contribution in [3.8, 4) is 5.75 Å². The second-order valence-electron chi connectivity index (χ2n) is 4.43. The Morgan fingerprint density at radius 3 is 2.75 bits per heavy atom. The number of aryl methyl sites for hydroxylation is 2. The van der Waals surface area contributed by atoms with Gasteiger partial charge in [0, 0.05) is 19.7 Å². The topological polar surface area (TPSA) is 94.6 Å². The maximum atomic E-state index is 11.3. The summed E-state index contributed by atoms with van der Waals surface area (Å²) in [4.78, 5) is 21.5. The van der Waals surface area contributed by atoms with Crippen molar-refractivity contribution < 1.29 is 19.6 Å². The molecule has 1 N–H and O–H groups in total. The molecular weight excluding hydrogens is 264 g/mol. The third-order valence-corrected chi connectivity index (χ3v) is 3.18. The SMILES string of the molecule is COc1ccc2c(c(CCC(=O)O)cn2C)c1[N+](=O)[O-]. The van der Waals surface area contributed by atoms with Gasteiger partial charge in [0.15, 0.2) is 5.75 Å². The summed E-state index contributed by atoms with van der Waals surface area (Å²) >= 11 is 0. The lowest BCUT2D eigenvalue weighted by atomic mass is 10.1. The number of carboxylic acids is 1. The van der Waals surface area contributed by atoms with Crippen LogP contribution in [0.2, 0.25) is 0 Å². The Morgan fingerprint density at radius 2 is 2.20 bits per heavy atom. The molecule has 20 heavy (non-hydrogen) atoms. The molecule has 0 amide bonds. The third kappa shape index (κ3) is 2.29. The van der Waals surface area contributed by atoms with Gasteiger partial charge in [0.05, 0.1) is 22.9 Å². The molecule has 0 unspecified atom stereocenters. The lowest BCUT2D eigenvalue weighted by Gasteiger charge is -2.04. The number of aliphatic carboxylic acids is 1. The molecule has 0 atom stereocenters. The second-order valence-corrected chi connectivity index (χ2v) is 4.43. The Kier molecular flexibility index (Phi) is 3.60. The molecule has 7 nitrogen and oxygen atoms in total. The number of benzene rings is 1. The van der Waals surface area contributed by atoms with Crippen molar-refractivity contribution in [1.29, 1.82) is 0 Å². The Hall–Kier alpha value is -2.57. The lowest BCUT2D eigenvalue weighted by molar-refractivity contribution is -0.384. The van der Waals surface area contributed by atoms with E-state index in [2.05, 4.69) is 0 Å². The molecule has 2 aromatic rings. The highest BCUT2D eigenvalue weighted by molar-refractivity contribution is 5.95. The van der Waals surface area contributed by atoms with Gasteiger partial charge in [0.1, 0.15) is 0 Å². The maximum absolute atomic E-state index is 11.3. The quantitative estimate of drug-likeness (QED) is 0.667. The zero-order valence-corrected chi connectivity index (χ0v) is 11.1. The molecule has 0 fully saturated rings. The van der Waals surface area contributed by atoms with E-state index in [0.717, 1.165) is 0 Å². The molecule has 0 aliphatic carbocycles. The van der Waals surface area contributed by atoms with Gasteiger partial charge in [-0.2, -0.15) is 0 Å². The second kappa shape index (κ2) is 5.20. The number of ether oxygens (including phenoxy) is 1. The summed E-state index contributed by atoms with van der Waals surface area (Å²) in [6, 6.07) is 3.27. The van der Waals surface area contributed by atoms with Crippen molar-refractivity contribution in [2.75, 3.05) is 7.11 Å². The van der Waals surface area contributed by atoms with Gasteiger partial charge in [-0.05, 0) is 24.1 Å². The van der Waals surface area contributed by atoms with E-state index in [1.807, 2.05) is 0 Å². The van der Waals surface area contributed by atoms with Crippen molar-refractivity contribution in [3.05, 3.63) is 34.0 Å². The number of nitro benzene ring substituents is 1. The van der Waals surface area contributed by atoms with Crippen molar-refractivity contribution in [2.45, 2.75) is 12.8 Å². The summed E-state index contributed by atoms with van der Waals surface area (Å²) in [5.74, 6) is -0.766. The number of nitro groups is 1. The van der Waals surface area contributed by atoms with Crippen LogP contribution in [-0.2, 0) is 18.3 Å². The van der Waals surface area contributed by atoms with E-state index in [0.29, 0.717) is 16.5 Å². The molecule has 0 aliphatic rings. The molecule has 0 radical (unpaired) electrons. The summed E-state index contributed by atoms with van der Waals surface area (Å²) in [7, 11) is 3.14. The largest absolute Gasteiger partial charge is 0.490 e. The summed E-state index contributed by atoms with van der Waals surface area (Å²) in [6.07, 6.45) is 1.88. The van der Waals surface area contributed by atoms with Gasteiger partial charge in [-0.15, -0.1) is 0 Å². The molecule has 1 aromatic heterocycles. The van der Waals surface area contributed by atoms with Crippen LogP contribution in [0.15, 0.2) is 18.3 Å². The minimum absolute atomic E-state index is 0.0759. The van der Waals surface area contributed by atoms with Crippen LogP contribution < -0.4 is 4.74 Å². The third-order valence-electron chi connectivity index (χ3n) is 3.18. The van der Waals surface area contributed by atoms with E-state index in [4.69, 9.17) is 9.84 Å². The minimum Gasteiger partial charge on any atom is -0.490 e. The van der Waals surface area contributed by atoms with E-state index < -0.39 is 10.9 Å². The molecule has 7 heteroatoms. The van der Waals surface area contributed by atoms with Gasteiger partial charge < -0.3 is 14.4 Å².